The van der Waals surface area contributed by atoms with Crippen LogP contribution in [0, 0.1) is 17.2 Å². The lowest BCUT2D eigenvalue weighted by atomic mass is 9.93. The minimum absolute atomic E-state index is 0.0925. The maximum atomic E-state index is 8.92. The zero-order valence-electron chi connectivity index (χ0n) is 9.10. The molecule has 0 bridgehead atoms. The van der Waals surface area contributed by atoms with E-state index in [-0.39, 0.29) is 12.0 Å². The van der Waals surface area contributed by atoms with Crippen LogP contribution in [-0.4, -0.2) is 6.26 Å². The molecular formula is C12H16N2S. The molecule has 0 aliphatic carbocycles. The largest absolute Gasteiger partial charge is 0.323 e. The number of rotatable bonds is 4. The first kappa shape index (κ1) is 12.1. The van der Waals surface area contributed by atoms with Gasteiger partial charge >= 0.3 is 0 Å². The summed E-state index contributed by atoms with van der Waals surface area (Å²) in [5.74, 6) is -0.0925. The summed E-state index contributed by atoms with van der Waals surface area (Å²) < 4.78 is 0. The lowest BCUT2D eigenvalue weighted by Gasteiger charge is -2.16. The van der Waals surface area contributed by atoms with E-state index in [9.17, 15) is 0 Å². The molecule has 0 saturated heterocycles. The Morgan fingerprint density at radius 3 is 2.40 bits per heavy atom. The number of hydrogen-bond donors (Lipinski definition) is 1. The topological polar surface area (TPSA) is 49.8 Å². The third kappa shape index (κ3) is 2.98. The Hall–Kier alpha value is -0.980. The summed E-state index contributed by atoms with van der Waals surface area (Å²) in [5.41, 5.74) is 7.07. The lowest BCUT2D eigenvalue weighted by molar-refractivity contribution is 0.517. The molecule has 0 radical (unpaired) electrons. The molecule has 1 aromatic rings. The van der Waals surface area contributed by atoms with Crippen molar-refractivity contribution in [2.75, 3.05) is 6.26 Å². The Kier molecular flexibility index (Phi) is 4.67. The van der Waals surface area contributed by atoms with Crippen LogP contribution in [-0.2, 0) is 0 Å². The normalized spacial score (nSPS) is 14.3. The van der Waals surface area contributed by atoms with Crippen molar-refractivity contribution < 1.29 is 0 Å². The smallest absolute Gasteiger partial charge is 0.0675 e. The zero-order valence-corrected chi connectivity index (χ0v) is 9.92. The van der Waals surface area contributed by atoms with Gasteiger partial charge in [0.25, 0.3) is 0 Å². The highest BCUT2D eigenvalue weighted by Gasteiger charge is 2.16. The molecule has 3 heteroatoms. The number of nitriles is 1. The maximum Gasteiger partial charge on any atom is 0.0675 e. The molecule has 0 aliphatic rings. The fraction of sp³-hybridized carbons (Fsp3) is 0.417. The van der Waals surface area contributed by atoms with Crippen LogP contribution in [0.2, 0.25) is 0 Å². The average Bonchev–Trinajstić information content (AvgIpc) is 2.30. The van der Waals surface area contributed by atoms with Gasteiger partial charge in [0.05, 0.1) is 12.0 Å². The Morgan fingerprint density at radius 2 is 2.00 bits per heavy atom. The first-order valence-corrected chi connectivity index (χ1v) is 6.24. The van der Waals surface area contributed by atoms with Gasteiger partial charge < -0.3 is 5.73 Å². The Morgan fingerprint density at radius 1 is 1.40 bits per heavy atom. The molecule has 2 unspecified atom stereocenters. The van der Waals surface area contributed by atoms with Crippen LogP contribution in [0.5, 0.6) is 0 Å². The molecule has 0 aliphatic heterocycles. The summed E-state index contributed by atoms with van der Waals surface area (Å²) in [4.78, 5) is 1.22. The standard InChI is InChI=1S/C12H16N2S/c1-3-9(8-13)12(14)10-4-6-11(15-2)7-5-10/h4-7,9,12H,3,14H2,1-2H3. The molecule has 0 fully saturated rings. The minimum Gasteiger partial charge on any atom is -0.323 e. The molecular weight excluding hydrogens is 204 g/mol. The van der Waals surface area contributed by atoms with E-state index >= 15 is 0 Å². The fourth-order valence-corrected chi connectivity index (χ4v) is 1.89. The van der Waals surface area contributed by atoms with Crippen molar-refractivity contribution in [2.24, 2.45) is 11.7 Å². The van der Waals surface area contributed by atoms with Crippen LogP contribution in [0.1, 0.15) is 24.9 Å². The van der Waals surface area contributed by atoms with E-state index in [0.717, 1.165) is 12.0 Å². The zero-order chi connectivity index (χ0) is 11.3. The van der Waals surface area contributed by atoms with Gasteiger partial charge in [0.2, 0.25) is 0 Å². The van der Waals surface area contributed by atoms with Crippen LogP contribution < -0.4 is 5.73 Å². The van der Waals surface area contributed by atoms with E-state index in [1.807, 2.05) is 37.4 Å². The molecule has 0 amide bonds. The molecule has 0 heterocycles. The molecule has 1 aromatic carbocycles. The summed E-state index contributed by atoms with van der Waals surface area (Å²) in [6.07, 6.45) is 2.83. The fourth-order valence-electron chi connectivity index (χ4n) is 1.48. The molecule has 0 aromatic heterocycles. The van der Waals surface area contributed by atoms with E-state index in [4.69, 9.17) is 11.0 Å². The van der Waals surface area contributed by atoms with Gasteiger partial charge in [0.15, 0.2) is 0 Å². The number of thioether (sulfide) groups is 1. The Bertz CT molecular complexity index is 340. The van der Waals surface area contributed by atoms with Crippen molar-refractivity contribution in [3.05, 3.63) is 29.8 Å². The van der Waals surface area contributed by atoms with Crippen molar-refractivity contribution >= 4 is 11.8 Å². The highest BCUT2D eigenvalue weighted by atomic mass is 32.2. The SMILES string of the molecule is CCC(C#N)C(N)c1ccc(SC)cc1. The highest BCUT2D eigenvalue weighted by Crippen LogP contribution is 2.23. The van der Waals surface area contributed by atoms with Gasteiger partial charge in [-0.25, -0.2) is 0 Å². The predicted octanol–water partition coefficient (Wildman–Crippen LogP) is 2.96. The quantitative estimate of drug-likeness (QED) is 0.794. The summed E-state index contributed by atoms with van der Waals surface area (Å²) >= 11 is 1.70. The van der Waals surface area contributed by atoms with Crippen LogP contribution in [0.25, 0.3) is 0 Å². The van der Waals surface area contributed by atoms with Gasteiger partial charge in [-0.2, -0.15) is 5.26 Å². The third-order valence-electron chi connectivity index (χ3n) is 2.54. The lowest BCUT2D eigenvalue weighted by Crippen LogP contribution is -2.19. The van der Waals surface area contributed by atoms with Crippen molar-refractivity contribution in [1.82, 2.24) is 0 Å². The van der Waals surface area contributed by atoms with E-state index in [1.165, 1.54) is 4.90 Å². The average molecular weight is 220 g/mol. The summed E-state index contributed by atoms with van der Waals surface area (Å²) in [6.45, 7) is 1.99. The van der Waals surface area contributed by atoms with Crippen LogP contribution >= 0.6 is 11.8 Å². The molecule has 0 saturated carbocycles. The van der Waals surface area contributed by atoms with E-state index < -0.39 is 0 Å². The predicted molar refractivity (Wildman–Crippen MR) is 64.5 cm³/mol. The summed E-state index contributed by atoms with van der Waals surface area (Å²) in [6, 6.07) is 10.2. The molecule has 15 heavy (non-hydrogen) atoms. The van der Waals surface area contributed by atoms with Crippen LogP contribution in [0.4, 0.5) is 0 Å². The monoisotopic (exact) mass is 220 g/mol. The highest BCUT2D eigenvalue weighted by molar-refractivity contribution is 7.98. The number of nitrogens with zero attached hydrogens (tertiary/aromatic N) is 1. The van der Waals surface area contributed by atoms with Crippen LogP contribution in [0.3, 0.4) is 0 Å². The van der Waals surface area contributed by atoms with E-state index in [1.54, 1.807) is 11.8 Å². The second-order valence-corrected chi connectivity index (χ2v) is 4.32. The van der Waals surface area contributed by atoms with Gasteiger partial charge in [-0.3, -0.25) is 0 Å². The maximum absolute atomic E-state index is 8.92. The van der Waals surface area contributed by atoms with Gasteiger partial charge in [0.1, 0.15) is 0 Å². The van der Waals surface area contributed by atoms with Gasteiger partial charge in [-0.15, -0.1) is 11.8 Å². The summed E-state index contributed by atoms with van der Waals surface area (Å²) in [5, 5.41) is 8.92. The molecule has 2 nitrogen and oxygen atoms in total. The van der Waals surface area contributed by atoms with Crippen LogP contribution in [0.15, 0.2) is 29.2 Å². The molecule has 80 valence electrons. The molecule has 0 spiro atoms. The third-order valence-corrected chi connectivity index (χ3v) is 3.28. The summed E-state index contributed by atoms with van der Waals surface area (Å²) in [7, 11) is 0. The van der Waals surface area contributed by atoms with Gasteiger partial charge in [0, 0.05) is 10.9 Å². The van der Waals surface area contributed by atoms with Crippen molar-refractivity contribution in [1.29, 1.82) is 5.26 Å². The van der Waals surface area contributed by atoms with Gasteiger partial charge in [-0.1, -0.05) is 19.1 Å². The first-order valence-electron chi connectivity index (χ1n) is 5.02. The Balaban J connectivity index is 2.82. The molecule has 2 N–H and O–H groups in total. The minimum atomic E-state index is -0.170. The number of nitrogens with two attached hydrogens (primary N) is 1. The van der Waals surface area contributed by atoms with E-state index in [0.29, 0.717) is 0 Å². The van der Waals surface area contributed by atoms with E-state index in [2.05, 4.69) is 6.07 Å². The van der Waals surface area contributed by atoms with Crippen molar-refractivity contribution in [3.8, 4) is 6.07 Å². The second kappa shape index (κ2) is 5.79. The van der Waals surface area contributed by atoms with Crippen molar-refractivity contribution in [3.63, 3.8) is 0 Å². The van der Waals surface area contributed by atoms with Gasteiger partial charge in [-0.05, 0) is 30.4 Å². The first-order chi connectivity index (χ1) is 7.22. The second-order valence-electron chi connectivity index (χ2n) is 3.44. The number of hydrogen-bond acceptors (Lipinski definition) is 3. The molecule has 1 rings (SSSR count). The molecule has 2 atom stereocenters. The number of benzene rings is 1. The van der Waals surface area contributed by atoms with Crippen molar-refractivity contribution in [2.45, 2.75) is 24.3 Å². The Labute approximate surface area is 95.5 Å².